The maximum absolute atomic E-state index is 5.77. The van der Waals surface area contributed by atoms with Gasteiger partial charge in [-0.25, -0.2) is 9.67 Å². The van der Waals surface area contributed by atoms with Crippen LogP contribution in [0.3, 0.4) is 0 Å². The Balaban J connectivity index is 0.000000396. The standard InChI is InChI=1S/C7H12N4.C2H6/c1-5-9-7-3-2-6(8)4-11(7)10-5;1-2/h6H,2-4,8H2,1H3;1-2H3. The van der Waals surface area contributed by atoms with Gasteiger partial charge in [0.25, 0.3) is 0 Å². The zero-order chi connectivity index (χ0) is 9.84. The molecule has 74 valence electrons. The number of hydrogen-bond acceptors (Lipinski definition) is 3. The molecule has 2 N–H and O–H groups in total. The van der Waals surface area contributed by atoms with Crippen molar-refractivity contribution in [1.82, 2.24) is 14.8 Å². The lowest BCUT2D eigenvalue weighted by Gasteiger charge is -2.17. The minimum atomic E-state index is 0.267. The molecule has 1 aromatic heterocycles. The van der Waals surface area contributed by atoms with Gasteiger partial charge >= 0.3 is 0 Å². The predicted molar refractivity (Wildman–Crippen MR) is 52.4 cm³/mol. The fourth-order valence-corrected chi connectivity index (χ4v) is 1.46. The Labute approximate surface area is 79.2 Å². The molecule has 1 aliphatic rings. The molecule has 4 heteroatoms. The summed E-state index contributed by atoms with van der Waals surface area (Å²) < 4.78 is 1.92. The van der Waals surface area contributed by atoms with Gasteiger partial charge < -0.3 is 5.73 Å². The average Bonchev–Trinajstić information content (AvgIpc) is 2.48. The first-order valence-corrected chi connectivity index (χ1v) is 4.91. The van der Waals surface area contributed by atoms with Crippen LogP contribution in [-0.4, -0.2) is 20.8 Å². The molecule has 2 heterocycles. The topological polar surface area (TPSA) is 56.7 Å². The first kappa shape index (κ1) is 10.2. The van der Waals surface area contributed by atoms with Gasteiger partial charge in [-0.1, -0.05) is 13.8 Å². The van der Waals surface area contributed by atoms with Crippen LogP contribution in [0.2, 0.25) is 0 Å². The van der Waals surface area contributed by atoms with E-state index in [0.717, 1.165) is 31.0 Å². The minimum absolute atomic E-state index is 0.267. The summed E-state index contributed by atoms with van der Waals surface area (Å²) in [6, 6.07) is 0.267. The van der Waals surface area contributed by atoms with Crippen molar-refractivity contribution in [3.63, 3.8) is 0 Å². The third kappa shape index (κ3) is 2.28. The molecule has 0 aliphatic carbocycles. The summed E-state index contributed by atoms with van der Waals surface area (Å²) in [4.78, 5) is 4.28. The molecule has 0 fully saturated rings. The number of rotatable bonds is 0. The Hall–Kier alpha value is -0.900. The summed E-state index contributed by atoms with van der Waals surface area (Å²) in [5.74, 6) is 1.94. The fraction of sp³-hybridized carbons (Fsp3) is 0.778. The summed E-state index contributed by atoms with van der Waals surface area (Å²) in [6.07, 6.45) is 2.01. The van der Waals surface area contributed by atoms with Crippen molar-refractivity contribution in [3.8, 4) is 0 Å². The summed E-state index contributed by atoms with van der Waals surface area (Å²) in [5, 5.41) is 4.23. The molecule has 0 saturated heterocycles. The Bertz CT molecular complexity index is 267. The molecule has 0 saturated carbocycles. The maximum Gasteiger partial charge on any atom is 0.147 e. The van der Waals surface area contributed by atoms with Gasteiger partial charge in [-0.15, -0.1) is 0 Å². The largest absolute Gasteiger partial charge is 0.326 e. The quantitative estimate of drug-likeness (QED) is 0.648. The van der Waals surface area contributed by atoms with Gasteiger partial charge in [0, 0.05) is 12.5 Å². The van der Waals surface area contributed by atoms with E-state index in [2.05, 4.69) is 10.1 Å². The SMILES string of the molecule is CC.Cc1nc2n(n1)CC(N)CC2. The summed E-state index contributed by atoms with van der Waals surface area (Å²) in [5.41, 5.74) is 5.77. The number of nitrogens with two attached hydrogens (primary N) is 1. The van der Waals surface area contributed by atoms with Gasteiger partial charge in [0.15, 0.2) is 0 Å². The van der Waals surface area contributed by atoms with Crippen molar-refractivity contribution < 1.29 is 0 Å². The molecule has 4 nitrogen and oxygen atoms in total. The van der Waals surface area contributed by atoms with Gasteiger partial charge in [0.2, 0.25) is 0 Å². The van der Waals surface area contributed by atoms with E-state index in [0.29, 0.717) is 0 Å². The second-order valence-corrected chi connectivity index (χ2v) is 3.06. The van der Waals surface area contributed by atoms with Crippen LogP contribution in [0.5, 0.6) is 0 Å². The highest BCUT2D eigenvalue weighted by Gasteiger charge is 2.16. The molecule has 1 aliphatic heterocycles. The first-order valence-electron chi connectivity index (χ1n) is 4.91. The van der Waals surface area contributed by atoms with Crippen molar-refractivity contribution in [2.45, 2.75) is 46.2 Å². The van der Waals surface area contributed by atoms with E-state index in [1.807, 2.05) is 25.5 Å². The van der Waals surface area contributed by atoms with Crippen molar-refractivity contribution in [1.29, 1.82) is 0 Å². The Morgan fingerprint density at radius 3 is 2.85 bits per heavy atom. The van der Waals surface area contributed by atoms with Crippen LogP contribution >= 0.6 is 0 Å². The monoisotopic (exact) mass is 182 g/mol. The third-order valence-corrected chi connectivity index (χ3v) is 2.00. The summed E-state index contributed by atoms with van der Waals surface area (Å²) in [7, 11) is 0. The van der Waals surface area contributed by atoms with Crippen LogP contribution in [0, 0.1) is 6.92 Å². The lowest BCUT2D eigenvalue weighted by molar-refractivity contribution is 0.421. The van der Waals surface area contributed by atoms with E-state index in [4.69, 9.17) is 5.73 Å². The lowest BCUT2D eigenvalue weighted by atomic mass is 10.1. The number of aryl methyl sites for hydroxylation is 2. The predicted octanol–water partition coefficient (Wildman–Crippen LogP) is 0.886. The van der Waals surface area contributed by atoms with Crippen LogP contribution in [-0.2, 0) is 13.0 Å². The van der Waals surface area contributed by atoms with Gasteiger partial charge in [0.1, 0.15) is 11.6 Å². The normalized spacial score (nSPS) is 20.2. The number of fused-ring (bicyclic) bond motifs is 1. The average molecular weight is 182 g/mol. The molecule has 1 atom stereocenters. The summed E-state index contributed by atoms with van der Waals surface area (Å²) >= 11 is 0. The Kier molecular flexibility index (Phi) is 3.42. The highest BCUT2D eigenvalue weighted by molar-refractivity contribution is 4.95. The second-order valence-electron chi connectivity index (χ2n) is 3.06. The van der Waals surface area contributed by atoms with E-state index in [1.165, 1.54) is 0 Å². The molecule has 0 bridgehead atoms. The molecule has 0 spiro atoms. The number of aromatic nitrogens is 3. The van der Waals surface area contributed by atoms with Crippen LogP contribution in [0.25, 0.3) is 0 Å². The van der Waals surface area contributed by atoms with Crippen LogP contribution in [0.15, 0.2) is 0 Å². The van der Waals surface area contributed by atoms with Crippen molar-refractivity contribution in [2.75, 3.05) is 0 Å². The smallest absolute Gasteiger partial charge is 0.147 e. The number of hydrogen-bond donors (Lipinski definition) is 1. The highest BCUT2D eigenvalue weighted by Crippen LogP contribution is 2.10. The molecule has 0 aromatic carbocycles. The molecule has 0 radical (unpaired) electrons. The summed E-state index contributed by atoms with van der Waals surface area (Å²) in [6.45, 7) is 6.74. The first-order chi connectivity index (χ1) is 6.25. The molecule has 1 aromatic rings. The lowest BCUT2D eigenvalue weighted by Crippen LogP contribution is -2.32. The van der Waals surface area contributed by atoms with E-state index < -0.39 is 0 Å². The van der Waals surface area contributed by atoms with E-state index in [-0.39, 0.29) is 6.04 Å². The van der Waals surface area contributed by atoms with Crippen molar-refractivity contribution >= 4 is 0 Å². The minimum Gasteiger partial charge on any atom is -0.326 e. The molecular formula is C9H18N4. The molecule has 0 amide bonds. The van der Waals surface area contributed by atoms with E-state index >= 15 is 0 Å². The maximum atomic E-state index is 5.77. The Morgan fingerprint density at radius 2 is 2.15 bits per heavy atom. The van der Waals surface area contributed by atoms with Gasteiger partial charge in [-0.3, -0.25) is 0 Å². The van der Waals surface area contributed by atoms with Gasteiger partial charge in [0.05, 0.1) is 6.54 Å². The van der Waals surface area contributed by atoms with Crippen LogP contribution < -0.4 is 5.73 Å². The zero-order valence-corrected chi connectivity index (χ0v) is 8.62. The van der Waals surface area contributed by atoms with E-state index in [9.17, 15) is 0 Å². The fourth-order valence-electron chi connectivity index (χ4n) is 1.46. The zero-order valence-electron chi connectivity index (χ0n) is 8.62. The molecule has 2 rings (SSSR count). The van der Waals surface area contributed by atoms with Crippen LogP contribution in [0.1, 0.15) is 31.9 Å². The number of nitrogens with zero attached hydrogens (tertiary/aromatic N) is 3. The van der Waals surface area contributed by atoms with Crippen molar-refractivity contribution in [2.24, 2.45) is 5.73 Å². The van der Waals surface area contributed by atoms with E-state index in [1.54, 1.807) is 0 Å². The molecule has 1 unspecified atom stereocenters. The third-order valence-electron chi connectivity index (χ3n) is 2.00. The van der Waals surface area contributed by atoms with Crippen LogP contribution in [0.4, 0.5) is 0 Å². The highest BCUT2D eigenvalue weighted by atomic mass is 15.4. The molecular weight excluding hydrogens is 164 g/mol. The molecule has 13 heavy (non-hydrogen) atoms. The van der Waals surface area contributed by atoms with Gasteiger partial charge in [-0.2, -0.15) is 5.10 Å². The van der Waals surface area contributed by atoms with Gasteiger partial charge in [-0.05, 0) is 13.3 Å². The Morgan fingerprint density at radius 1 is 1.46 bits per heavy atom. The second kappa shape index (κ2) is 4.37. The van der Waals surface area contributed by atoms with Crippen molar-refractivity contribution in [3.05, 3.63) is 11.6 Å².